The van der Waals surface area contributed by atoms with Gasteiger partial charge in [-0.05, 0) is 46.8 Å². The summed E-state index contributed by atoms with van der Waals surface area (Å²) >= 11 is 0. The fraction of sp³-hybridized carbons (Fsp3) is 0.421. The maximum Gasteiger partial charge on any atom is 0.496 e. The summed E-state index contributed by atoms with van der Waals surface area (Å²) in [6.45, 7) is 9.99. The van der Waals surface area contributed by atoms with Crippen LogP contribution in [0.15, 0.2) is 42.6 Å². The van der Waals surface area contributed by atoms with E-state index in [0.29, 0.717) is 11.4 Å². The second-order valence-corrected chi connectivity index (χ2v) is 7.45. The van der Waals surface area contributed by atoms with Gasteiger partial charge in [0.15, 0.2) is 0 Å². The zero-order valence-electron chi connectivity index (χ0n) is 15.3. The molecule has 132 valence electrons. The van der Waals surface area contributed by atoms with Gasteiger partial charge in [-0.2, -0.15) is 0 Å². The lowest BCUT2D eigenvalue weighted by Gasteiger charge is -2.32. The van der Waals surface area contributed by atoms with Crippen molar-refractivity contribution in [1.82, 2.24) is 4.98 Å². The lowest BCUT2D eigenvalue weighted by molar-refractivity contribution is 0.00578. The first kappa shape index (κ1) is 17.9. The molecule has 0 saturated carbocycles. The van der Waals surface area contributed by atoms with Gasteiger partial charge in [0.1, 0.15) is 11.6 Å². The summed E-state index contributed by atoms with van der Waals surface area (Å²) in [7, 11) is -0.435. The Morgan fingerprint density at radius 2 is 1.68 bits per heavy atom. The van der Waals surface area contributed by atoms with Gasteiger partial charge in [0.25, 0.3) is 0 Å². The van der Waals surface area contributed by atoms with Gasteiger partial charge in [-0.1, -0.05) is 24.3 Å². The number of anilines is 1. The zero-order chi connectivity index (χ0) is 18.2. The first-order chi connectivity index (χ1) is 11.7. The van der Waals surface area contributed by atoms with Crippen molar-refractivity contribution in [2.24, 2.45) is 0 Å². The Morgan fingerprint density at radius 3 is 2.24 bits per heavy atom. The van der Waals surface area contributed by atoms with E-state index in [-0.39, 0.29) is 23.1 Å². The van der Waals surface area contributed by atoms with E-state index in [9.17, 15) is 4.39 Å². The molecule has 0 spiro atoms. The number of halogens is 1. The monoisotopic (exact) mass is 342 g/mol. The van der Waals surface area contributed by atoms with Gasteiger partial charge < -0.3 is 14.6 Å². The summed E-state index contributed by atoms with van der Waals surface area (Å²) in [5.41, 5.74) is 0.712. The quantitative estimate of drug-likeness (QED) is 0.861. The molecular formula is C19H24BFN2O2. The lowest BCUT2D eigenvalue weighted by Crippen LogP contribution is -2.41. The summed E-state index contributed by atoms with van der Waals surface area (Å²) in [4.78, 5) is 4.42. The molecule has 0 radical (unpaired) electrons. The second-order valence-electron chi connectivity index (χ2n) is 7.45. The van der Waals surface area contributed by atoms with Crippen LogP contribution in [0.1, 0.15) is 46.2 Å². The van der Waals surface area contributed by atoms with Crippen LogP contribution in [0, 0.1) is 5.82 Å². The van der Waals surface area contributed by atoms with Crippen molar-refractivity contribution >= 4 is 18.4 Å². The highest BCUT2D eigenvalue weighted by atomic mass is 19.1. The number of nitrogens with zero attached hydrogens (tertiary/aromatic N) is 1. The van der Waals surface area contributed by atoms with Gasteiger partial charge in [-0.3, -0.25) is 0 Å². The SMILES string of the molecule is CC(Nc1ccc(B2OC(C)(C)C(C)(C)O2)cn1)c1ccccc1F. The fourth-order valence-electron chi connectivity index (χ4n) is 2.74. The number of nitrogens with one attached hydrogen (secondary N) is 1. The van der Waals surface area contributed by atoms with Crippen LogP contribution < -0.4 is 10.8 Å². The van der Waals surface area contributed by atoms with Crippen LogP contribution in [-0.4, -0.2) is 23.3 Å². The molecule has 1 N–H and O–H groups in total. The summed E-state index contributed by atoms with van der Waals surface area (Å²) in [6.07, 6.45) is 1.73. The Morgan fingerprint density at radius 1 is 1.04 bits per heavy atom. The predicted molar refractivity (Wildman–Crippen MR) is 98.4 cm³/mol. The average Bonchev–Trinajstić information content (AvgIpc) is 2.76. The van der Waals surface area contributed by atoms with Crippen LogP contribution >= 0.6 is 0 Å². The van der Waals surface area contributed by atoms with Crippen LogP contribution in [0.25, 0.3) is 0 Å². The zero-order valence-corrected chi connectivity index (χ0v) is 15.3. The van der Waals surface area contributed by atoms with Gasteiger partial charge >= 0.3 is 7.12 Å². The third-order valence-electron chi connectivity index (χ3n) is 5.05. The molecule has 3 rings (SSSR count). The van der Waals surface area contributed by atoms with Crippen molar-refractivity contribution in [2.75, 3.05) is 5.32 Å². The van der Waals surface area contributed by atoms with E-state index < -0.39 is 7.12 Å². The molecule has 2 aromatic rings. The Bertz CT molecular complexity index is 733. The Labute approximate surface area is 148 Å². The molecule has 1 aliphatic rings. The second kappa shape index (κ2) is 6.43. The van der Waals surface area contributed by atoms with E-state index in [1.54, 1.807) is 18.3 Å². The lowest BCUT2D eigenvalue weighted by atomic mass is 9.80. The number of benzene rings is 1. The molecule has 0 bridgehead atoms. The molecule has 4 nitrogen and oxygen atoms in total. The average molecular weight is 342 g/mol. The number of aromatic nitrogens is 1. The first-order valence-electron chi connectivity index (χ1n) is 8.52. The van der Waals surface area contributed by atoms with Gasteiger partial charge in [0.2, 0.25) is 0 Å². The van der Waals surface area contributed by atoms with Gasteiger partial charge in [-0.15, -0.1) is 0 Å². The van der Waals surface area contributed by atoms with Crippen molar-refractivity contribution in [3.8, 4) is 0 Å². The van der Waals surface area contributed by atoms with Crippen LogP contribution in [-0.2, 0) is 9.31 Å². The third kappa shape index (κ3) is 3.55. The highest BCUT2D eigenvalue weighted by molar-refractivity contribution is 6.62. The maximum atomic E-state index is 13.9. The Balaban J connectivity index is 1.70. The molecular weight excluding hydrogens is 318 g/mol. The van der Waals surface area contributed by atoms with E-state index in [0.717, 1.165) is 5.46 Å². The Kier molecular flexibility index (Phi) is 4.60. The first-order valence-corrected chi connectivity index (χ1v) is 8.52. The minimum atomic E-state index is -0.435. The fourth-order valence-corrected chi connectivity index (χ4v) is 2.74. The Hall–Kier alpha value is -1.92. The van der Waals surface area contributed by atoms with E-state index in [1.807, 2.05) is 52.8 Å². The van der Waals surface area contributed by atoms with E-state index in [1.165, 1.54) is 6.07 Å². The van der Waals surface area contributed by atoms with E-state index >= 15 is 0 Å². The van der Waals surface area contributed by atoms with Crippen LogP contribution in [0.4, 0.5) is 10.2 Å². The minimum Gasteiger partial charge on any atom is -0.399 e. The molecule has 6 heteroatoms. The largest absolute Gasteiger partial charge is 0.496 e. The molecule has 2 heterocycles. The van der Waals surface area contributed by atoms with Crippen molar-refractivity contribution < 1.29 is 13.7 Å². The van der Waals surface area contributed by atoms with Crippen LogP contribution in [0.2, 0.25) is 0 Å². The van der Waals surface area contributed by atoms with E-state index in [4.69, 9.17) is 9.31 Å². The number of rotatable bonds is 4. The molecule has 1 aromatic carbocycles. The molecule has 0 aliphatic carbocycles. The van der Waals surface area contributed by atoms with Crippen molar-refractivity contribution in [3.63, 3.8) is 0 Å². The molecule has 1 aliphatic heterocycles. The maximum absolute atomic E-state index is 13.9. The summed E-state index contributed by atoms with van der Waals surface area (Å²) < 4.78 is 25.9. The highest BCUT2D eigenvalue weighted by Gasteiger charge is 2.51. The summed E-state index contributed by atoms with van der Waals surface area (Å²) in [5, 5.41) is 3.22. The van der Waals surface area contributed by atoms with Crippen LogP contribution in [0.3, 0.4) is 0 Å². The molecule has 25 heavy (non-hydrogen) atoms. The van der Waals surface area contributed by atoms with Gasteiger partial charge in [-0.25, -0.2) is 9.37 Å². The highest BCUT2D eigenvalue weighted by Crippen LogP contribution is 2.36. The molecule has 1 fully saturated rings. The predicted octanol–water partition coefficient (Wildman–Crippen LogP) is 3.69. The normalized spacial score (nSPS) is 19.7. The van der Waals surface area contributed by atoms with E-state index in [2.05, 4.69) is 10.3 Å². The van der Waals surface area contributed by atoms with Crippen LogP contribution in [0.5, 0.6) is 0 Å². The number of pyridine rings is 1. The minimum absolute atomic E-state index is 0.184. The summed E-state index contributed by atoms with van der Waals surface area (Å²) in [6, 6.07) is 10.3. The molecule has 0 amide bonds. The van der Waals surface area contributed by atoms with Crippen molar-refractivity contribution in [2.45, 2.75) is 51.9 Å². The molecule has 1 atom stereocenters. The number of hydrogen-bond acceptors (Lipinski definition) is 4. The summed E-state index contributed by atoms with van der Waals surface area (Å²) in [5.74, 6) is 0.451. The van der Waals surface area contributed by atoms with Gasteiger partial charge in [0.05, 0.1) is 17.2 Å². The molecule has 1 aromatic heterocycles. The van der Waals surface area contributed by atoms with Gasteiger partial charge in [0, 0.05) is 17.2 Å². The molecule has 1 saturated heterocycles. The van der Waals surface area contributed by atoms with Crippen molar-refractivity contribution in [3.05, 3.63) is 54.0 Å². The topological polar surface area (TPSA) is 43.4 Å². The third-order valence-corrected chi connectivity index (χ3v) is 5.05. The standard InChI is InChI=1S/C19H24BFN2O2/c1-13(15-8-6-7-9-16(15)21)23-17-11-10-14(12-22-17)20-24-18(2,3)19(4,5)25-20/h6-13H,1-5H3,(H,22,23). The molecule has 1 unspecified atom stereocenters. The smallest absolute Gasteiger partial charge is 0.399 e. The number of hydrogen-bond donors (Lipinski definition) is 1. The van der Waals surface area contributed by atoms with Crippen molar-refractivity contribution in [1.29, 1.82) is 0 Å².